The van der Waals surface area contributed by atoms with Gasteiger partial charge in [-0.15, -0.1) is 0 Å². The first kappa shape index (κ1) is 27.2. The van der Waals surface area contributed by atoms with Gasteiger partial charge < -0.3 is 15.4 Å². The third-order valence-electron chi connectivity index (χ3n) is 6.94. The van der Waals surface area contributed by atoms with Crippen LogP contribution in [0.25, 0.3) is 0 Å². The summed E-state index contributed by atoms with van der Waals surface area (Å²) >= 11 is 11.0. The first-order valence-electron chi connectivity index (χ1n) is 12.1. The molecule has 1 aliphatic rings. The minimum Gasteiger partial charge on any atom is -0.432 e. The number of hydrogen-bond donors (Lipinski definition) is 2. The first-order chi connectivity index (χ1) is 16.4. The van der Waals surface area contributed by atoms with Crippen LogP contribution in [0.4, 0.5) is 0 Å². The van der Waals surface area contributed by atoms with Gasteiger partial charge in [-0.05, 0) is 117 Å². The minimum absolute atomic E-state index is 0.00190. The molecule has 1 fully saturated rings. The lowest BCUT2D eigenvalue weighted by molar-refractivity contribution is -0.119. The van der Waals surface area contributed by atoms with Crippen LogP contribution in [0, 0.1) is 38.5 Å². The van der Waals surface area contributed by atoms with E-state index in [0.29, 0.717) is 17.5 Å². The molecule has 0 saturated heterocycles. The molecular formula is C28H38N2O3S2. The van der Waals surface area contributed by atoms with Crippen molar-refractivity contribution in [1.82, 2.24) is 10.6 Å². The van der Waals surface area contributed by atoms with E-state index in [1.54, 1.807) is 0 Å². The van der Waals surface area contributed by atoms with Crippen molar-refractivity contribution in [2.24, 2.45) is 10.8 Å². The van der Waals surface area contributed by atoms with Gasteiger partial charge in [0.15, 0.2) is 5.75 Å². The lowest BCUT2D eigenvalue weighted by atomic mass is 9.62. The fraction of sp³-hybridized carbons (Fsp3) is 0.500. The Morgan fingerprint density at radius 2 is 1.49 bits per heavy atom. The van der Waals surface area contributed by atoms with Gasteiger partial charge >= 0.3 is 5.17 Å². The molecule has 190 valence electrons. The van der Waals surface area contributed by atoms with E-state index >= 15 is 0 Å². The monoisotopic (exact) mass is 514 g/mol. The number of aryl methyl sites for hydroxylation is 2. The quantitative estimate of drug-likeness (QED) is 0.254. The Bertz CT molecular complexity index is 1090. The van der Waals surface area contributed by atoms with Crippen LogP contribution in [0.2, 0.25) is 0 Å². The van der Waals surface area contributed by atoms with Crippen LogP contribution in [0.15, 0.2) is 36.4 Å². The zero-order valence-corrected chi connectivity index (χ0v) is 23.5. The summed E-state index contributed by atoms with van der Waals surface area (Å²) in [6.07, 6.45) is 2.96. The van der Waals surface area contributed by atoms with Gasteiger partial charge in [-0.3, -0.25) is 9.78 Å². The summed E-state index contributed by atoms with van der Waals surface area (Å²) in [6.45, 7) is 15.7. The van der Waals surface area contributed by atoms with Crippen LogP contribution in [0.1, 0.15) is 62.3 Å². The number of thiocarbonyl (C=S) groups is 2. The highest BCUT2D eigenvalue weighted by Crippen LogP contribution is 2.45. The van der Waals surface area contributed by atoms with Crippen molar-refractivity contribution in [2.75, 3.05) is 6.54 Å². The van der Waals surface area contributed by atoms with Gasteiger partial charge in [0.05, 0.1) is 0 Å². The molecule has 0 amide bonds. The zero-order valence-electron chi connectivity index (χ0n) is 21.9. The maximum atomic E-state index is 5.94. The topological polar surface area (TPSA) is 51.8 Å². The molecule has 2 N–H and O–H groups in total. The summed E-state index contributed by atoms with van der Waals surface area (Å²) in [5.74, 6) is 1.46. The van der Waals surface area contributed by atoms with Gasteiger partial charge in [0.1, 0.15) is 5.75 Å². The van der Waals surface area contributed by atoms with Crippen molar-refractivity contribution in [3.63, 3.8) is 0 Å². The van der Waals surface area contributed by atoms with Crippen molar-refractivity contribution in [2.45, 2.75) is 73.8 Å². The molecule has 0 heterocycles. The van der Waals surface area contributed by atoms with Gasteiger partial charge in [0, 0.05) is 12.6 Å². The van der Waals surface area contributed by atoms with Crippen LogP contribution in [0.3, 0.4) is 0 Å². The van der Waals surface area contributed by atoms with Crippen LogP contribution < -0.4 is 20.3 Å². The van der Waals surface area contributed by atoms with Crippen LogP contribution in [-0.2, 0) is 4.89 Å². The summed E-state index contributed by atoms with van der Waals surface area (Å²) in [7, 11) is 0. The Labute approximate surface area is 220 Å². The Balaban J connectivity index is 1.56. The lowest BCUT2D eigenvalue weighted by Crippen LogP contribution is -2.50. The van der Waals surface area contributed by atoms with Gasteiger partial charge in [-0.1, -0.05) is 45.0 Å². The normalized spacial score (nSPS) is 21.1. The predicted molar refractivity (Wildman–Crippen MR) is 150 cm³/mol. The Morgan fingerprint density at radius 1 is 0.886 bits per heavy atom. The van der Waals surface area contributed by atoms with Gasteiger partial charge in [-0.2, -0.15) is 0 Å². The van der Waals surface area contributed by atoms with E-state index in [1.807, 2.05) is 51.1 Å². The van der Waals surface area contributed by atoms with E-state index in [-0.39, 0.29) is 22.0 Å². The Morgan fingerprint density at radius 3 is 2.14 bits per heavy atom. The summed E-state index contributed by atoms with van der Waals surface area (Å²) in [5, 5.41) is 7.36. The largest absolute Gasteiger partial charge is 0.432 e. The number of rotatable bonds is 6. The molecule has 2 unspecified atom stereocenters. The molecule has 2 aromatic carbocycles. The molecule has 3 rings (SSSR count). The lowest BCUT2D eigenvalue weighted by Gasteiger charge is -2.47. The number of ether oxygens (including phenoxy) is 1. The smallest absolute Gasteiger partial charge is 0.310 e. The van der Waals surface area contributed by atoms with E-state index in [4.69, 9.17) is 38.9 Å². The predicted octanol–water partition coefficient (Wildman–Crippen LogP) is 6.64. The molecule has 0 aromatic heterocycles. The second-order valence-corrected chi connectivity index (χ2v) is 11.7. The van der Waals surface area contributed by atoms with Gasteiger partial charge in [-0.25, -0.2) is 0 Å². The van der Waals surface area contributed by atoms with Crippen molar-refractivity contribution in [1.29, 1.82) is 0 Å². The first-order valence-corrected chi connectivity index (χ1v) is 12.9. The molecule has 0 radical (unpaired) electrons. The SMILES string of the molecule is Cc1cccc(OOC(=S)NC2CC(C)(C)CC(C)(CNC(=S)Oc3cccc(C)c3C)C2)c1C. The van der Waals surface area contributed by atoms with E-state index < -0.39 is 0 Å². The molecule has 2 aromatic rings. The zero-order chi connectivity index (χ0) is 25.8. The fourth-order valence-corrected chi connectivity index (χ4v) is 5.58. The average molecular weight is 515 g/mol. The number of hydrogen-bond acceptors (Lipinski definition) is 5. The van der Waals surface area contributed by atoms with Gasteiger partial charge in [0.25, 0.3) is 5.17 Å². The third kappa shape index (κ3) is 7.55. The maximum absolute atomic E-state index is 5.94. The highest BCUT2D eigenvalue weighted by molar-refractivity contribution is 7.80. The van der Waals surface area contributed by atoms with E-state index in [2.05, 4.69) is 44.4 Å². The second kappa shape index (κ2) is 11.1. The molecular weight excluding hydrogens is 476 g/mol. The van der Waals surface area contributed by atoms with E-state index in [1.165, 1.54) is 5.56 Å². The van der Waals surface area contributed by atoms with Crippen molar-refractivity contribution < 1.29 is 14.5 Å². The molecule has 5 nitrogen and oxygen atoms in total. The molecule has 7 heteroatoms. The summed E-state index contributed by atoms with van der Waals surface area (Å²) in [5.41, 5.74) is 4.58. The average Bonchev–Trinajstić information content (AvgIpc) is 2.75. The van der Waals surface area contributed by atoms with Crippen LogP contribution >= 0.6 is 24.4 Å². The van der Waals surface area contributed by atoms with Crippen LogP contribution in [-0.4, -0.2) is 22.9 Å². The summed E-state index contributed by atoms with van der Waals surface area (Å²) < 4.78 is 5.94. The highest BCUT2D eigenvalue weighted by atomic mass is 32.1. The van der Waals surface area contributed by atoms with Crippen molar-refractivity contribution in [3.8, 4) is 11.5 Å². The molecule has 1 saturated carbocycles. The number of benzene rings is 2. The third-order valence-corrected chi connectivity index (χ3v) is 7.36. The second-order valence-electron chi connectivity index (χ2n) is 11.0. The summed E-state index contributed by atoms with van der Waals surface area (Å²) in [4.78, 5) is 11.0. The van der Waals surface area contributed by atoms with Crippen molar-refractivity contribution >= 4 is 34.8 Å². The Kier molecular flexibility index (Phi) is 8.65. The maximum Gasteiger partial charge on any atom is 0.310 e. The fourth-order valence-electron chi connectivity index (χ4n) is 5.21. The summed E-state index contributed by atoms with van der Waals surface area (Å²) in [6, 6.07) is 12.0. The minimum atomic E-state index is -0.00190. The molecule has 1 aliphatic carbocycles. The molecule has 35 heavy (non-hydrogen) atoms. The standard InChI is InChI=1S/C28H38N2O3S2/c1-18-10-8-12-23(20(18)3)31-25(34)29-17-28(7)15-22(14-27(5,6)16-28)30-26(35)33-32-24-13-9-11-19(2)21(24)4/h8-13,22H,14-17H2,1-7H3,(H,29,34)(H,30,35). The van der Waals surface area contributed by atoms with Crippen LogP contribution in [0.5, 0.6) is 11.5 Å². The Hall–Kier alpha value is -2.38. The molecule has 0 bridgehead atoms. The van der Waals surface area contributed by atoms with Gasteiger partial charge in [0.2, 0.25) is 0 Å². The highest BCUT2D eigenvalue weighted by Gasteiger charge is 2.41. The molecule has 0 spiro atoms. The molecule has 2 atom stereocenters. The molecule has 0 aliphatic heterocycles. The van der Waals surface area contributed by atoms with E-state index in [0.717, 1.165) is 41.7 Å². The van der Waals surface area contributed by atoms with E-state index in [9.17, 15) is 0 Å². The van der Waals surface area contributed by atoms with Crippen molar-refractivity contribution in [3.05, 3.63) is 58.7 Å². The number of nitrogens with one attached hydrogen (secondary N) is 2.